The number of benzene rings is 1. The normalized spacial score (nSPS) is 12.8. The number of Topliss-reactive ketones (excluding diaryl/α,β-unsaturated/α-hetero) is 1. The Morgan fingerprint density at radius 2 is 1.76 bits per heavy atom. The number of nitrogens with one attached hydrogen (secondary N) is 1. The van der Waals surface area contributed by atoms with Crippen molar-refractivity contribution in [1.29, 1.82) is 0 Å². The molecule has 1 unspecified atom stereocenters. The lowest BCUT2D eigenvalue weighted by atomic mass is 10.0. The molecule has 2 heteroatoms. The van der Waals surface area contributed by atoms with E-state index in [-0.39, 0.29) is 11.8 Å². The molecule has 17 heavy (non-hydrogen) atoms. The van der Waals surface area contributed by atoms with E-state index in [1.54, 1.807) is 0 Å². The Bertz CT molecular complexity index is 354. The summed E-state index contributed by atoms with van der Waals surface area (Å²) < 4.78 is 0. The van der Waals surface area contributed by atoms with Crippen molar-refractivity contribution >= 4 is 5.78 Å². The molecular weight excluding hydrogens is 210 g/mol. The van der Waals surface area contributed by atoms with Gasteiger partial charge >= 0.3 is 0 Å². The van der Waals surface area contributed by atoms with Gasteiger partial charge in [-0.2, -0.15) is 0 Å². The van der Waals surface area contributed by atoms with Gasteiger partial charge in [-0.15, -0.1) is 0 Å². The average molecular weight is 233 g/mol. The lowest BCUT2D eigenvalue weighted by Gasteiger charge is -2.14. The first-order valence-corrected chi connectivity index (χ1v) is 6.35. The minimum Gasteiger partial charge on any atom is -0.307 e. The van der Waals surface area contributed by atoms with Crippen molar-refractivity contribution in [2.45, 2.75) is 40.2 Å². The van der Waals surface area contributed by atoms with Gasteiger partial charge in [0.1, 0.15) is 0 Å². The molecule has 0 spiro atoms. The lowest BCUT2D eigenvalue weighted by Crippen LogP contribution is -2.35. The monoisotopic (exact) mass is 233 g/mol. The molecule has 0 bridgehead atoms. The predicted octanol–water partition coefficient (Wildman–Crippen LogP) is 3.20. The summed E-state index contributed by atoms with van der Waals surface area (Å²) in [5, 5.41) is 3.28. The predicted molar refractivity (Wildman–Crippen MR) is 72.4 cm³/mol. The Labute approximate surface area is 104 Å². The third-order valence-electron chi connectivity index (χ3n) is 2.90. The second kappa shape index (κ2) is 6.55. The first kappa shape index (κ1) is 13.9. The van der Waals surface area contributed by atoms with E-state index in [0.29, 0.717) is 5.92 Å². The van der Waals surface area contributed by atoms with E-state index >= 15 is 0 Å². The lowest BCUT2D eigenvalue weighted by molar-refractivity contribution is 0.0950. The van der Waals surface area contributed by atoms with Gasteiger partial charge in [-0.3, -0.25) is 4.79 Å². The van der Waals surface area contributed by atoms with Gasteiger partial charge in [0, 0.05) is 5.56 Å². The summed E-state index contributed by atoms with van der Waals surface area (Å²) in [4.78, 5) is 12.1. The second-order valence-electron chi connectivity index (χ2n) is 5.09. The average Bonchev–Trinajstić information content (AvgIpc) is 2.28. The quantitative estimate of drug-likeness (QED) is 0.764. The molecule has 0 heterocycles. The maximum atomic E-state index is 12.1. The van der Waals surface area contributed by atoms with Crippen LogP contribution in [-0.4, -0.2) is 18.4 Å². The number of hydrogen-bond acceptors (Lipinski definition) is 2. The van der Waals surface area contributed by atoms with Gasteiger partial charge in [0.05, 0.1) is 6.04 Å². The molecule has 0 saturated heterocycles. The first-order valence-electron chi connectivity index (χ1n) is 6.35. The van der Waals surface area contributed by atoms with Crippen molar-refractivity contribution < 1.29 is 4.79 Å². The Morgan fingerprint density at radius 3 is 2.29 bits per heavy atom. The molecule has 1 atom stereocenters. The van der Waals surface area contributed by atoms with Crippen LogP contribution in [0.15, 0.2) is 24.3 Å². The van der Waals surface area contributed by atoms with Crippen molar-refractivity contribution in [3.63, 3.8) is 0 Å². The third-order valence-corrected chi connectivity index (χ3v) is 2.90. The molecule has 0 aliphatic heterocycles. The van der Waals surface area contributed by atoms with Crippen LogP contribution in [0.4, 0.5) is 0 Å². The maximum absolute atomic E-state index is 12.1. The van der Waals surface area contributed by atoms with Crippen LogP contribution < -0.4 is 5.32 Å². The molecule has 0 radical (unpaired) electrons. The summed E-state index contributed by atoms with van der Waals surface area (Å²) in [6.07, 6.45) is 1.10. The number of carbonyl (C=O) groups excluding carboxylic acids is 1. The standard InChI is InChI=1S/C15H23NO/c1-11(2)9-10-16-13(4)15(17)14-7-5-12(3)6-8-14/h5-8,11,13,16H,9-10H2,1-4H3. The minimum atomic E-state index is -0.101. The van der Waals surface area contributed by atoms with Crippen LogP contribution in [0, 0.1) is 12.8 Å². The molecule has 2 nitrogen and oxygen atoms in total. The Kier molecular flexibility index (Phi) is 5.36. The summed E-state index contributed by atoms with van der Waals surface area (Å²) in [5.74, 6) is 0.845. The van der Waals surface area contributed by atoms with E-state index in [1.807, 2.05) is 38.1 Å². The van der Waals surface area contributed by atoms with Gasteiger partial charge in [0.15, 0.2) is 5.78 Å². The van der Waals surface area contributed by atoms with Crippen molar-refractivity contribution in [2.75, 3.05) is 6.54 Å². The molecule has 1 rings (SSSR count). The summed E-state index contributed by atoms with van der Waals surface area (Å²) in [6.45, 7) is 9.24. The maximum Gasteiger partial charge on any atom is 0.179 e. The van der Waals surface area contributed by atoms with Crippen LogP contribution in [-0.2, 0) is 0 Å². The molecule has 0 fully saturated rings. The fraction of sp³-hybridized carbons (Fsp3) is 0.533. The molecule has 0 aliphatic carbocycles. The second-order valence-corrected chi connectivity index (χ2v) is 5.09. The highest BCUT2D eigenvalue weighted by Gasteiger charge is 2.13. The first-order chi connectivity index (χ1) is 8.00. The number of aryl methyl sites for hydroxylation is 1. The van der Waals surface area contributed by atoms with Crippen LogP contribution in [0.1, 0.15) is 43.1 Å². The minimum absolute atomic E-state index is 0.101. The summed E-state index contributed by atoms with van der Waals surface area (Å²) in [7, 11) is 0. The molecule has 0 saturated carbocycles. The van der Waals surface area contributed by atoms with E-state index in [9.17, 15) is 4.79 Å². The Morgan fingerprint density at radius 1 is 1.18 bits per heavy atom. The van der Waals surface area contributed by atoms with Crippen LogP contribution in [0.2, 0.25) is 0 Å². The van der Waals surface area contributed by atoms with Gasteiger partial charge < -0.3 is 5.32 Å². The number of carbonyl (C=O) groups is 1. The van der Waals surface area contributed by atoms with Gasteiger partial charge in [0.2, 0.25) is 0 Å². The smallest absolute Gasteiger partial charge is 0.179 e. The van der Waals surface area contributed by atoms with E-state index < -0.39 is 0 Å². The largest absolute Gasteiger partial charge is 0.307 e. The highest BCUT2D eigenvalue weighted by Crippen LogP contribution is 2.06. The zero-order valence-corrected chi connectivity index (χ0v) is 11.3. The SMILES string of the molecule is Cc1ccc(C(=O)C(C)NCCC(C)C)cc1. The third kappa shape index (κ3) is 4.70. The summed E-state index contributed by atoms with van der Waals surface area (Å²) in [5.41, 5.74) is 1.97. The molecule has 1 aromatic rings. The number of ketones is 1. The summed E-state index contributed by atoms with van der Waals surface area (Å²) in [6, 6.07) is 7.66. The van der Waals surface area contributed by atoms with Crippen LogP contribution in [0.5, 0.6) is 0 Å². The Balaban J connectivity index is 2.49. The molecule has 0 aliphatic rings. The van der Waals surface area contributed by atoms with Gasteiger partial charge in [-0.05, 0) is 32.7 Å². The zero-order chi connectivity index (χ0) is 12.8. The van der Waals surface area contributed by atoms with E-state index in [0.717, 1.165) is 18.5 Å². The van der Waals surface area contributed by atoms with Crippen molar-refractivity contribution in [3.8, 4) is 0 Å². The van der Waals surface area contributed by atoms with E-state index in [4.69, 9.17) is 0 Å². The molecule has 94 valence electrons. The van der Waals surface area contributed by atoms with Crippen molar-refractivity contribution in [2.24, 2.45) is 5.92 Å². The highest BCUT2D eigenvalue weighted by molar-refractivity contribution is 5.99. The molecular formula is C15H23NO. The van der Waals surface area contributed by atoms with Gasteiger partial charge in [-0.25, -0.2) is 0 Å². The van der Waals surface area contributed by atoms with Gasteiger partial charge in [-0.1, -0.05) is 43.7 Å². The van der Waals surface area contributed by atoms with Crippen LogP contribution in [0.3, 0.4) is 0 Å². The summed E-state index contributed by atoms with van der Waals surface area (Å²) >= 11 is 0. The van der Waals surface area contributed by atoms with E-state index in [2.05, 4.69) is 19.2 Å². The van der Waals surface area contributed by atoms with Crippen molar-refractivity contribution in [1.82, 2.24) is 5.32 Å². The molecule has 0 aromatic heterocycles. The highest BCUT2D eigenvalue weighted by atomic mass is 16.1. The zero-order valence-electron chi connectivity index (χ0n) is 11.3. The van der Waals surface area contributed by atoms with Crippen LogP contribution >= 0.6 is 0 Å². The van der Waals surface area contributed by atoms with Gasteiger partial charge in [0.25, 0.3) is 0 Å². The van der Waals surface area contributed by atoms with Crippen molar-refractivity contribution in [3.05, 3.63) is 35.4 Å². The number of hydrogen-bond donors (Lipinski definition) is 1. The molecule has 1 aromatic carbocycles. The molecule has 0 amide bonds. The topological polar surface area (TPSA) is 29.1 Å². The van der Waals surface area contributed by atoms with E-state index in [1.165, 1.54) is 5.56 Å². The Hall–Kier alpha value is -1.15. The fourth-order valence-corrected chi connectivity index (χ4v) is 1.65. The number of rotatable bonds is 6. The van der Waals surface area contributed by atoms with Crippen LogP contribution in [0.25, 0.3) is 0 Å². The molecule has 1 N–H and O–H groups in total. The fourth-order valence-electron chi connectivity index (χ4n) is 1.65.